The van der Waals surface area contributed by atoms with Crippen molar-refractivity contribution in [2.24, 2.45) is 0 Å². The molecule has 0 atom stereocenters. The first-order chi connectivity index (χ1) is 8.88. The lowest BCUT2D eigenvalue weighted by molar-refractivity contribution is 0.0689. The van der Waals surface area contributed by atoms with E-state index in [1.54, 1.807) is 13.0 Å². The fraction of sp³-hybridized carbons (Fsp3) is 0.167. The third-order valence-electron chi connectivity index (χ3n) is 2.70. The molecule has 0 bridgehead atoms. The number of carboxylic acids is 1. The van der Waals surface area contributed by atoms with E-state index in [0.717, 1.165) is 0 Å². The zero-order valence-corrected chi connectivity index (χ0v) is 10.8. The Morgan fingerprint density at radius 2 is 2.16 bits per heavy atom. The van der Waals surface area contributed by atoms with Crippen LogP contribution in [0.15, 0.2) is 18.2 Å². The van der Waals surface area contributed by atoms with E-state index >= 15 is 0 Å². The Morgan fingerprint density at radius 3 is 2.74 bits per heavy atom. The second kappa shape index (κ2) is 4.81. The Balaban J connectivity index is 2.39. The van der Waals surface area contributed by atoms with Gasteiger partial charge in [0.05, 0.1) is 12.2 Å². The number of phenols is 1. The van der Waals surface area contributed by atoms with Crippen LogP contribution < -0.4 is 5.73 Å². The summed E-state index contributed by atoms with van der Waals surface area (Å²) >= 11 is 5.87. The molecule has 7 heteroatoms. The SMILES string of the molecule is Cc1cc(C(=O)O)nn1Cc1cc(Cl)cc(N)c1O. The van der Waals surface area contributed by atoms with Crippen molar-refractivity contribution in [1.82, 2.24) is 9.78 Å². The molecule has 0 unspecified atom stereocenters. The Kier molecular flexibility index (Phi) is 3.35. The van der Waals surface area contributed by atoms with Gasteiger partial charge in [0.1, 0.15) is 5.75 Å². The summed E-state index contributed by atoms with van der Waals surface area (Å²) < 4.78 is 1.47. The molecule has 0 aliphatic carbocycles. The van der Waals surface area contributed by atoms with Crippen molar-refractivity contribution >= 4 is 23.3 Å². The van der Waals surface area contributed by atoms with Gasteiger partial charge >= 0.3 is 5.97 Å². The molecule has 100 valence electrons. The minimum atomic E-state index is -1.10. The number of nitrogens with two attached hydrogens (primary N) is 1. The molecule has 4 N–H and O–H groups in total. The number of halogens is 1. The van der Waals surface area contributed by atoms with Crippen LogP contribution in [0.2, 0.25) is 5.02 Å². The second-order valence-corrected chi connectivity index (χ2v) is 4.57. The van der Waals surface area contributed by atoms with E-state index in [2.05, 4.69) is 5.10 Å². The van der Waals surface area contributed by atoms with Crippen molar-refractivity contribution in [2.75, 3.05) is 5.73 Å². The molecule has 0 saturated heterocycles. The lowest BCUT2D eigenvalue weighted by atomic mass is 10.1. The number of aryl methyl sites for hydroxylation is 1. The summed E-state index contributed by atoms with van der Waals surface area (Å²) in [6, 6.07) is 4.46. The zero-order valence-electron chi connectivity index (χ0n) is 10.1. The van der Waals surface area contributed by atoms with Crippen LogP contribution in [0.25, 0.3) is 0 Å². The summed E-state index contributed by atoms with van der Waals surface area (Å²) in [5.41, 5.74) is 6.87. The number of anilines is 1. The van der Waals surface area contributed by atoms with Crippen molar-refractivity contribution in [3.8, 4) is 5.75 Å². The Morgan fingerprint density at radius 1 is 1.47 bits per heavy atom. The standard InChI is InChI=1S/C12H12ClN3O3/c1-6-2-10(12(18)19)15-16(6)5-7-3-8(13)4-9(14)11(7)17/h2-4,17H,5,14H2,1H3,(H,18,19). The largest absolute Gasteiger partial charge is 0.505 e. The summed E-state index contributed by atoms with van der Waals surface area (Å²) in [6.45, 7) is 1.92. The second-order valence-electron chi connectivity index (χ2n) is 4.14. The number of benzene rings is 1. The van der Waals surface area contributed by atoms with Crippen LogP contribution in [0.4, 0.5) is 5.69 Å². The van der Waals surface area contributed by atoms with Crippen molar-refractivity contribution in [1.29, 1.82) is 0 Å². The van der Waals surface area contributed by atoms with Crippen molar-refractivity contribution in [2.45, 2.75) is 13.5 Å². The van der Waals surface area contributed by atoms with Gasteiger partial charge in [0.2, 0.25) is 0 Å². The summed E-state index contributed by atoms with van der Waals surface area (Å²) in [5.74, 6) is -1.17. The molecule has 1 heterocycles. The first kappa shape index (κ1) is 13.2. The van der Waals surface area contributed by atoms with E-state index in [1.807, 2.05) is 0 Å². The number of carboxylic acid groups (broad SMARTS) is 1. The molecule has 0 radical (unpaired) electrons. The fourth-order valence-electron chi connectivity index (χ4n) is 1.74. The molecule has 0 aliphatic heterocycles. The number of hydrogen-bond acceptors (Lipinski definition) is 4. The van der Waals surface area contributed by atoms with Gasteiger partial charge in [0, 0.05) is 16.3 Å². The number of nitrogen functional groups attached to an aromatic ring is 1. The highest BCUT2D eigenvalue weighted by Crippen LogP contribution is 2.29. The van der Waals surface area contributed by atoms with Crippen LogP contribution in [-0.2, 0) is 6.54 Å². The van der Waals surface area contributed by atoms with E-state index in [9.17, 15) is 9.90 Å². The predicted octanol–water partition coefficient (Wildman–Crippen LogP) is 1.88. The molecule has 0 amide bonds. The molecular weight excluding hydrogens is 270 g/mol. The maximum atomic E-state index is 10.8. The number of rotatable bonds is 3. The maximum absolute atomic E-state index is 10.8. The molecule has 2 rings (SSSR count). The van der Waals surface area contributed by atoms with Crippen LogP contribution in [0.5, 0.6) is 5.75 Å². The van der Waals surface area contributed by atoms with Crippen LogP contribution in [0.3, 0.4) is 0 Å². The van der Waals surface area contributed by atoms with Crippen molar-refractivity contribution < 1.29 is 15.0 Å². The summed E-state index contributed by atoms with van der Waals surface area (Å²) in [5, 5.41) is 23.0. The lowest BCUT2D eigenvalue weighted by Gasteiger charge is -2.09. The molecule has 0 fully saturated rings. The number of nitrogens with zero attached hydrogens (tertiary/aromatic N) is 2. The van der Waals surface area contributed by atoms with Gasteiger partial charge in [-0.25, -0.2) is 4.79 Å². The van der Waals surface area contributed by atoms with E-state index < -0.39 is 5.97 Å². The third-order valence-corrected chi connectivity index (χ3v) is 2.92. The molecule has 6 nitrogen and oxygen atoms in total. The highest BCUT2D eigenvalue weighted by atomic mass is 35.5. The molecule has 2 aromatic rings. The average molecular weight is 282 g/mol. The first-order valence-electron chi connectivity index (χ1n) is 5.43. The summed E-state index contributed by atoms with van der Waals surface area (Å²) in [4.78, 5) is 10.8. The minimum absolute atomic E-state index is 0.0491. The number of carbonyl (C=O) groups is 1. The number of phenolic OH excluding ortho intramolecular Hbond substituents is 1. The van der Waals surface area contributed by atoms with Crippen LogP contribution >= 0.6 is 11.6 Å². The normalized spacial score (nSPS) is 10.6. The van der Waals surface area contributed by atoms with E-state index in [-0.39, 0.29) is 23.7 Å². The molecule has 0 spiro atoms. The zero-order chi connectivity index (χ0) is 14.2. The van der Waals surface area contributed by atoms with Gasteiger partial charge in [-0.2, -0.15) is 5.10 Å². The van der Waals surface area contributed by atoms with Crippen LogP contribution in [0.1, 0.15) is 21.7 Å². The Hall–Kier alpha value is -2.21. The van der Waals surface area contributed by atoms with E-state index in [1.165, 1.54) is 16.8 Å². The highest BCUT2D eigenvalue weighted by Gasteiger charge is 2.13. The van der Waals surface area contributed by atoms with Gasteiger partial charge in [-0.15, -0.1) is 0 Å². The van der Waals surface area contributed by atoms with Gasteiger partial charge in [0.25, 0.3) is 0 Å². The molecule has 1 aromatic carbocycles. The highest BCUT2D eigenvalue weighted by molar-refractivity contribution is 6.31. The molecular formula is C12H12ClN3O3. The van der Waals surface area contributed by atoms with Gasteiger partial charge in [0.15, 0.2) is 5.69 Å². The summed E-state index contributed by atoms with van der Waals surface area (Å²) in [6.07, 6.45) is 0. The Bertz CT molecular complexity index is 652. The molecule has 19 heavy (non-hydrogen) atoms. The third kappa shape index (κ3) is 2.63. The lowest BCUT2D eigenvalue weighted by Crippen LogP contribution is -2.06. The van der Waals surface area contributed by atoms with E-state index in [4.69, 9.17) is 22.4 Å². The van der Waals surface area contributed by atoms with Crippen molar-refractivity contribution in [3.63, 3.8) is 0 Å². The van der Waals surface area contributed by atoms with Gasteiger partial charge < -0.3 is 15.9 Å². The minimum Gasteiger partial charge on any atom is -0.505 e. The summed E-state index contributed by atoms with van der Waals surface area (Å²) in [7, 11) is 0. The van der Waals surface area contributed by atoms with Crippen molar-refractivity contribution in [3.05, 3.63) is 40.2 Å². The van der Waals surface area contributed by atoms with E-state index in [0.29, 0.717) is 16.3 Å². The molecule has 0 saturated carbocycles. The predicted molar refractivity (Wildman–Crippen MR) is 70.6 cm³/mol. The molecule has 0 aliphatic rings. The molecule has 1 aromatic heterocycles. The van der Waals surface area contributed by atoms with Crippen LogP contribution in [0, 0.1) is 6.92 Å². The smallest absolute Gasteiger partial charge is 0.356 e. The number of aromatic hydroxyl groups is 1. The number of aromatic nitrogens is 2. The van der Waals surface area contributed by atoms with Crippen LogP contribution in [-0.4, -0.2) is 26.0 Å². The quantitative estimate of drug-likeness (QED) is 0.589. The van der Waals surface area contributed by atoms with Gasteiger partial charge in [-0.3, -0.25) is 4.68 Å². The van der Waals surface area contributed by atoms with Gasteiger partial charge in [-0.05, 0) is 25.1 Å². The average Bonchev–Trinajstić information content (AvgIpc) is 2.67. The fourth-order valence-corrected chi connectivity index (χ4v) is 1.98. The number of aromatic carboxylic acids is 1. The first-order valence-corrected chi connectivity index (χ1v) is 5.81. The number of hydrogen-bond donors (Lipinski definition) is 3. The maximum Gasteiger partial charge on any atom is 0.356 e. The monoisotopic (exact) mass is 281 g/mol. The topological polar surface area (TPSA) is 101 Å². The van der Waals surface area contributed by atoms with Gasteiger partial charge in [-0.1, -0.05) is 11.6 Å². The Labute approximate surface area is 114 Å².